The van der Waals surface area contributed by atoms with Crippen molar-refractivity contribution in [3.63, 3.8) is 0 Å². The molecule has 0 bridgehead atoms. The van der Waals surface area contributed by atoms with E-state index in [9.17, 15) is 5.11 Å². The Kier molecular flexibility index (Phi) is 12.8. The number of nitrogens with one attached hydrogen (secondary N) is 2. The number of halogens is 2. The van der Waals surface area contributed by atoms with Crippen LogP contribution in [0.5, 0.6) is 5.75 Å². The fourth-order valence-electron chi connectivity index (χ4n) is 5.73. The smallest absolute Gasteiger partial charge is 0.146 e. The number of hydrogen-bond acceptors (Lipinski definition) is 5. The third kappa shape index (κ3) is 7.99. The van der Waals surface area contributed by atoms with Crippen LogP contribution >= 0.6 is 24.8 Å². The van der Waals surface area contributed by atoms with Gasteiger partial charge in [-0.05, 0) is 69.7 Å². The van der Waals surface area contributed by atoms with Gasteiger partial charge >= 0.3 is 0 Å². The number of para-hydroxylation sites is 1. The summed E-state index contributed by atoms with van der Waals surface area (Å²) in [6, 6.07) is 16.6. The summed E-state index contributed by atoms with van der Waals surface area (Å²) < 4.78 is 0. The summed E-state index contributed by atoms with van der Waals surface area (Å²) in [5, 5.41) is 20.1. The maximum Gasteiger partial charge on any atom is 0.146 e. The first kappa shape index (κ1) is 31.9. The summed E-state index contributed by atoms with van der Waals surface area (Å²) in [6.45, 7) is 4.66. The molecule has 5 nitrogen and oxygen atoms in total. The zero-order valence-electron chi connectivity index (χ0n) is 23.7. The molecular formula is C33H44Cl2N4O. The number of hydrogen-bond donors (Lipinski definition) is 3. The van der Waals surface area contributed by atoms with Crippen molar-refractivity contribution < 1.29 is 5.11 Å². The van der Waals surface area contributed by atoms with E-state index in [0.717, 1.165) is 48.1 Å². The SMILES string of the molecule is Cc1ccc2ccc(CNCCCCCCCCCNc3c4c(nc5ccccc35)CCCC4)c(O)c2n1.Cl.Cl. The fourth-order valence-corrected chi connectivity index (χ4v) is 5.73. The van der Waals surface area contributed by atoms with Gasteiger partial charge in [0, 0.05) is 46.5 Å². The van der Waals surface area contributed by atoms with Crippen molar-refractivity contribution in [1.29, 1.82) is 0 Å². The zero-order valence-corrected chi connectivity index (χ0v) is 25.3. The predicted octanol–water partition coefficient (Wildman–Crippen LogP) is 8.45. The van der Waals surface area contributed by atoms with Crippen molar-refractivity contribution in [2.24, 2.45) is 0 Å². The molecule has 3 N–H and O–H groups in total. The summed E-state index contributed by atoms with van der Waals surface area (Å²) in [7, 11) is 0. The average molecular weight is 584 g/mol. The fraction of sp³-hybridized carbons (Fsp3) is 0.455. The lowest BCUT2D eigenvalue weighted by molar-refractivity contribution is 0.468. The van der Waals surface area contributed by atoms with E-state index in [2.05, 4.69) is 39.9 Å². The van der Waals surface area contributed by atoms with Crippen LogP contribution in [0.15, 0.2) is 48.5 Å². The number of nitrogens with zero attached hydrogens (tertiary/aromatic N) is 2. The van der Waals surface area contributed by atoms with Crippen molar-refractivity contribution >= 4 is 52.3 Å². The molecule has 40 heavy (non-hydrogen) atoms. The topological polar surface area (TPSA) is 70.1 Å². The van der Waals surface area contributed by atoms with Gasteiger partial charge in [-0.25, -0.2) is 4.98 Å². The molecule has 0 radical (unpaired) electrons. The lowest BCUT2D eigenvalue weighted by Crippen LogP contribution is -2.14. The minimum Gasteiger partial charge on any atom is -0.505 e. The Balaban J connectivity index is 0.00000220. The van der Waals surface area contributed by atoms with Gasteiger partial charge in [0.15, 0.2) is 0 Å². The Hall–Kier alpha value is -2.60. The first-order chi connectivity index (χ1) is 18.7. The van der Waals surface area contributed by atoms with Crippen molar-refractivity contribution in [3.05, 3.63) is 71.0 Å². The molecule has 2 aromatic heterocycles. The number of aryl methyl sites for hydroxylation is 2. The molecule has 1 aliphatic rings. The van der Waals surface area contributed by atoms with Crippen LogP contribution in [0.4, 0.5) is 5.69 Å². The molecule has 0 spiro atoms. The molecule has 0 unspecified atom stereocenters. The van der Waals surface area contributed by atoms with Gasteiger partial charge in [-0.2, -0.15) is 0 Å². The van der Waals surface area contributed by atoms with Gasteiger partial charge in [0.25, 0.3) is 0 Å². The number of phenols is 1. The minimum absolute atomic E-state index is 0. The Morgan fingerprint density at radius 1 is 0.775 bits per heavy atom. The van der Waals surface area contributed by atoms with Crippen LogP contribution in [-0.2, 0) is 19.4 Å². The predicted molar refractivity (Wildman–Crippen MR) is 174 cm³/mol. The van der Waals surface area contributed by atoms with E-state index in [1.54, 1.807) is 0 Å². The number of aromatic hydroxyl groups is 1. The summed E-state index contributed by atoms with van der Waals surface area (Å²) in [4.78, 5) is 9.46. The highest BCUT2D eigenvalue weighted by Crippen LogP contribution is 2.33. The van der Waals surface area contributed by atoms with Crippen LogP contribution in [0.3, 0.4) is 0 Å². The summed E-state index contributed by atoms with van der Waals surface area (Å²) in [5.41, 5.74) is 7.80. The summed E-state index contributed by atoms with van der Waals surface area (Å²) in [6.07, 6.45) is 13.7. The number of phenolic OH excluding ortho intramolecular Hbond substituents is 1. The molecule has 0 atom stereocenters. The Bertz CT molecular complexity index is 1380. The zero-order chi connectivity index (χ0) is 26.2. The molecular weight excluding hydrogens is 539 g/mol. The Labute approximate surface area is 251 Å². The molecule has 5 rings (SSSR count). The summed E-state index contributed by atoms with van der Waals surface area (Å²) >= 11 is 0. The first-order valence-electron chi connectivity index (χ1n) is 14.6. The van der Waals surface area contributed by atoms with Gasteiger partial charge in [0.05, 0.1) is 5.52 Å². The molecule has 0 saturated heterocycles. The standard InChI is InChI=1S/C33H42N4O.2ClH/c1-24-17-18-25-19-20-26(33(38)31(25)36-24)23-34-21-11-5-3-2-4-6-12-22-35-32-27-13-7-9-15-29(27)37-30-16-10-8-14-28(30)32;;/h7,9,13,15,17-20,34,38H,2-6,8,10-12,14,16,21-23H2,1H3,(H,35,37);2*1H. The van der Waals surface area contributed by atoms with E-state index in [0.29, 0.717) is 17.8 Å². The largest absolute Gasteiger partial charge is 0.505 e. The minimum atomic E-state index is 0. The van der Waals surface area contributed by atoms with Gasteiger partial charge in [-0.3, -0.25) is 4.98 Å². The van der Waals surface area contributed by atoms with Gasteiger partial charge in [0.1, 0.15) is 11.3 Å². The first-order valence-corrected chi connectivity index (χ1v) is 14.6. The van der Waals surface area contributed by atoms with Crippen molar-refractivity contribution in [2.45, 2.75) is 84.1 Å². The lowest BCUT2D eigenvalue weighted by atomic mass is 9.92. The number of aromatic nitrogens is 2. The maximum absolute atomic E-state index is 10.6. The van der Waals surface area contributed by atoms with Crippen LogP contribution < -0.4 is 10.6 Å². The molecule has 2 heterocycles. The van der Waals surface area contributed by atoms with E-state index in [-0.39, 0.29) is 24.8 Å². The highest BCUT2D eigenvalue weighted by Gasteiger charge is 2.17. The van der Waals surface area contributed by atoms with E-state index in [1.165, 1.54) is 80.1 Å². The van der Waals surface area contributed by atoms with E-state index < -0.39 is 0 Å². The maximum atomic E-state index is 10.6. The number of rotatable bonds is 13. The molecule has 4 aromatic rings. The van der Waals surface area contributed by atoms with E-state index in [1.807, 2.05) is 31.2 Å². The molecule has 0 saturated carbocycles. The van der Waals surface area contributed by atoms with Gasteiger partial charge in [-0.15, -0.1) is 24.8 Å². The Morgan fingerprint density at radius 2 is 1.48 bits per heavy atom. The second-order valence-corrected chi connectivity index (χ2v) is 10.8. The van der Waals surface area contributed by atoms with Crippen LogP contribution in [-0.4, -0.2) is 28.2 Å². The van der Waals surface area contributed by atoms with Crippen LogP contribution in [0.1, 0.15) is 80.3 Å². The molecule has 1 aliphatic carbocycles. The highest BCUT2D eigenvalue weighted by atomic mass is 35.5. The molecule has 0 fully saturated rings. The second kappa shape index (κ2) is 16.0. The number of benzene rings is 2. The number of anilines is 1. The molecule has 2 aromatic carbocycles. The number of fused-ring (bicyclic) bond motifs is 3. The van der Waals surface area contributed by atoms with Crippen molar-refractivity contribution in [2.75, 3.05) is 18.4 Å². The number of unbranched alkanes of at least 4 members (excludes halogenated alkanes) is 6. The monoisotopic (exact) mass is 582 g/mol. The normalized spacial score (nSPS) is 12.5. The average Bonchev–Trinajstić information content (AvgIpc) is 2.94. The van der Waals surface area contributed by atoms with E-state index in [4.69, 9.17) is 4.98 Å². The highest BCUT2D eigenvalue weighted by molar-refractivity contribution is 5.93. The van der Waals surface area contributed by atoms with E-state index >= 15 is 0 Å². The number of pyridine rings is 2. The molecule has 7 heteroatoms. The van der Waals surface area contributed by atoms with Crippen LogP contribution in [0.25, 0.3) is 21.8 Å². The second-order valence-electron chi connectivity index (χ2n) is 10.8. The lowest BCUT2D eigenvalue weighted by Gasteiger charge is -2.21. The summed E-state index contributed by atoms with van der Waals surface area (Å²) in [5.74, 6) is 0.310. The third-order valence-electron chi connectivity index (χ3n) is 7.88. The molecule has 0 amide bonds. The third-order valence-corrected chi connectivity index (χ3v) is 7.88. The molecule has 0 aliphatic heterocycles. The molecule has 216 valence electrons. The Morgan fingerprint density at radius 3 is 2.30 bits per heavy atom. The van der Waals surface area contributed by atoms with Crippen molar-refractivity contribution in [1.82, 2.24) is 15.3 Å². The van der Waals surface area contributed by atoms with Crippen LogP contribution in [0.2, 0.25) is 0 Å². The van der Waals surface area contributed by atoms with Gasteiger partial charge in [0.2, 0.25) is 0 Å². The van der Waals surface area contributed by atoms with Crippen LogP contribution in [0, 0.1) is 6.92 Å². The van der Waals surface area contributed by atoms with Gasteiger partial charge < -0.3 is 15.7 Å². The van der Waals surface area contributed by atoms with Gasteiger partial charge in [-0.1, -0.05) is 68.5 Å². The van der Waals surface area contributed by atoms with Crippen molar-refractivity contribution in [3.8, 4) is 5.75 Å². The quantitative estimate of drug-likeness (QED) is 0.138.